The van der Waals surface area contributed by atoms with E-state index in [1.807, 2.05) is 49.4 Å². The molecule has 9 heteroatoms. The first-order valence-corrected chi connectivity index (χ1v) is 11.9. The van der Waals surface area contributed by atoms with E-state index in [9.17, 15) is 19.7 Å². The quantitative estimate of drug-likeness (QED) is 0.308. The Balaban J connectivity index is 1.55. The van der Waals surface area contributed by atoms with E-state index in [4.69, 9.17) is 9.15 Å². The van der Waals surface area contributed by atoms with Crippen LogP contribution in [-0.4, -0.2) is 52.3 Å². The number of rotatable bonds is 10. The van der Waals surface area contributed by atoms with Gasteiger partial charge in [0.1, 0.15) is 18.1 Å². The second-order valence-corrected chi connectivity index (χ2v) is 8.87. The topological polar surface area (TPSA) is 106 Å². The normalized spacial score (nSPS) is 15.0. The molecule has 2 aromatic carbocycles. The monoisotopic (exact) mass is 491 g/mol. The number of nitrogens with zero attached hydrogens (tertiary/aromatic N) is 3. The lowest BCUT2D eigenvalue weighted by Gasteiger charge is -2.29. The van der Waals surface area contributed by atoms with Crippen LogP contribution in [0.15, 0.2) is 71.1 Å². The summed E-state index contributed by atoms with van der Waals surface area (Å²) >= 11 is 0. The summed E-state index contributed by atoms with van der Waals surface area (Å²) < 4.78 is 11.4. The molecule has 2 amide bonds. The molecule has 188 valence electrons. The predicted octanol–water partition coefficient (Wildman–Crippen LogP) is 4.35. The third-order valence-electron chi connectivity index (χ3n) is 6.10. The van der Waals surface area contributed by atoms with Crippen LogP contribution >= 0.6 is 0 Å². The van der Waals surface area contributed by atoms with Crippen molar-refractivity contribution in [3.8, 4) is 0 Å². The highest BCUT2D eigenvalue weighted by atomic mass is 16.6. The molecule has 0 radical (unpaired) electrons. The maximum absolute atomic E-state index is 13.6. The number of nitro groups is 1. The van der Waals surface area contributed by atoms with Crippen LogP contribution < -0.4 is 0 Å². The first kappa shape index (κ1) is 25.1. The molecule has 1 aliphatic heterocycles. The van der Waals surface area contributed by atoms with Crippen LogP contribution in [0.3, 0.4) is 0 Å². The van der Waals surface area contributed by atoms with Crippen molar-refractivity contribution in [1.82, 2.24) is 9.80 Å². The molecule has 36 heavy (non-hydrogen) atoms. The minimum Gasteiger partial charge on any atom is -0.464 e. The molecule has 0 spiro atoms. The molecule has 0 saturated carbocycles. The second-order valence-electron chi connectivity index (χ2n) is 8.87. The van der Waals surface area contributed by atoms with Crippen molar-refractivity contribution < 1.29 is 23.7 Å². The third-order valence-corrected chi connectivity index (χ3v) is 6.10. The molecule has 4 rings (SSSR count). The van der Waals surface area contributed by atoms with Crippen molar-refractivity contribution in [3.05, 3.63) is 99.5 Å². The van der Waals surface area contributed by atoms with Gasteiger partial charge in [-0.1, -0.05) is 30.3 Å². The van der Waals surface area contributed by atoms with Crippen molar-refractivity contribution in [1.29, 1.82) is 0 Å². The Bertz CT molecular complexity index is 1190. The summed E-state index contributed by atoms with van der Waals surface area (Å²) in [5.74, 6) is 0.804. The van der Waals surface area contributed by atoms with Crippen LogP contribution in [0.2, 0.25) is 0 Å². The first-order valence-electron chi connectivity index (χ1n) is 11.9. The highest BCUT2D eigenvalue weighted by molar-refractivity contribution is 5.96. The maximum Gasteiger partial charge on any atom is 0.269 e. The Labute approximate surface area is 209 Å². The van der Waals surface area contributed by atoms with E-state index in [-0.39, 0.29) is 48.8 Å². The van der Waals surface area contributed by atoms with Crippen molar-refractivity contribution in [2.45, 2.75) is 39.0 Å². The van der Waals surface area contributed by atoms with Gasteiger partial charge in [0.25, 0.3) is 11.6 Å². The number of amides is 2. The summed E-state index contributed by atoms with van der Waals surface area (Å²) in [5, 5.41) is 11.0. The summed E-state index contributed by atoms with van der Waals surface area (Å²) in [4.78, 5) is 40.6. The zero-order valence-electron chi connectivity index (χ0n) is 20.2. The number of benzene rings is 2. The number of nitro benzene ring substituents is 1. The van der Waals surface area contributed by atoms with Crippen LogP contribution in [0.25, 0.3) is 0 Å². The van der Waals surface area contributed by atoms with Gasteiger partial charge in [0.15, 0.2) is 0 Å². The molecule has 1 aromatic heterocycles. The third kappa shape index (κ3) is 6.57. The average Bonchev–Trinajstić information content (AvgIpc) is 3.55. The molecule has 1 saturated heterocycles. The van der Waals surface area contributed by atoms with Gasteiger partial charge in [0, 0.05) is 37.4 Å². The molecule has 1 aliphatic rings. The van der Waals surface area contributed by atoms with E-state index >= 15 is 0 Å². The zero-order chi connectivity index (χ0) is 25.5. The van der Waals surface area contributed by atoms with E-state index < -0.39 is 4.92 Å². The summed E-state index contributed by atoms with van der Waals surface area (Å²) in [7, 11) is 0. The smallest absolute Gasteiger partial charge is 0.269 e. The Morgan fingerprint density at radius 2 is 1.75 bits per heavy atom. The molecular formula is C27H29N3O6. The molecular weight excluding hydrogens is 462 g/mol. The van der Waals surface area contributed by atoms with Crippen LogP contribution in [0.4, 0.5) is 5.69 Å². The Kier molecular flexibility index (Phi) is 8.12. The van der Waals surface area contributed by atoms with Crippen molar-refractivity contribution >= 4 is 17.5 Å². The lowest BCUT2D eigenvalue weighted by atomic mass is 10.1. The van der Waals surface area contributed by atoms with Gasteiger partial charge in [-0.15, -0.1) is 0 Å². The standard InChI is InChI=1S/C27H29N3O6/c1-20-9-14-25(36-20)18-28(16-21-6-3-2-4-7-21)26(31)19-29(17-24-8-5-15-35-24)27(32)22-10-12-23(13-11-22)30(33)34/h2-4,6-7,9-14,24H,5,8,15-19H2,1H3. The maximum atomic E-state index is 13.6. The fourth-order valence-electron chi connectivity index (χ4n) is 4.22. The van der Waals surface area contributed by atoms with Crippen LogP contribution in [0, 0.1) is 17.0 Å². The molecule has 3 aromatic rings. The van der Waals surface area contributed by atoms with Crippen LogP contribution in [0.1, 0.15) is 40.3 Å². The second kappa shape index (κ2) is 11.6. The van der Waals surface area contributed by atoms with Gasteiger partial charge in [-0.2, -0.15) is 0 Å². The number of furan rings is 1. The van der Waals surface area contributed by atoms with Gasteiger partial charge < -0.3 is 19.0 Å². The van der Waals surface area contributed by atoms with Gasteiger partial charge in [0.2, 0.25) is 5.91 Å². The number of non-ortho nitro benzene ring substituents is 1. The molecule has 0 N–H and O–H groups in total. The number of aryl methyl sites for hydroxylation is 1. The largest absolute Gasteiger partial charge is 0.464 e. The molecule has 2 heterocycles. The molecule has 1 unspecified atom stereocenters. The number of carbonyl (C=O) groups is 2. The minimum absolute atomic E-state index is 0.101. The molecule has 0 aliphatic carbocycles. The van der Waals surface area contributed by atoms with Gasteiger partial charge in [-0.05, 0) is 49.6 Å². The highest BCUT2D eigenvalue weighted by Crippen LogP contribution is 2.19. The fourth-order valence-corrected chi connectivity index (χ4v) is 4.22. The fraction of sp³-hybridized carbons (Fsp3) is 0.333. The van der Waals surface area contributed by atoms with E-state index in [0.717, 1.165) is 24.2 Å². The lowest BCUT2D eigenvalue weighted by molar-refractivity contribution is -0.384. The summed E-state index contributed by atoms with van der Waals surface area (Å²) in [6.07, 6.45) is 1.54. The van der Waals surface area contributed by atoms with Crippen molar-refractivity contribution in [3.63, 3.8) is 0 Å². The highest BCUT2D eigenvalue weighted by Gasteiger charge is 2.28. The first-order chi connectivity index (χ1) is 17.4. The summed E-state index contributed by atoms with van der Waals surface area (Å²) in [5.41, 5.74) is 1.14. The van der Waals surface area contributed by atoms with Gasteiger partial charge >= 0.3 is 0 Å². The van der Waals surface area contributed by atoms with Crippen LogP contribution in [-0.2, 0) is 22.6 Å². The van der Waals surface area contributed by atoms with E-state index in [2.05, 4.69) is 0 Å². The number of ether oxygens (including phenoxy) is 1. The van der Waals surface area contributed by atoms with Gasteiger partial charge in [-0.3, -0.25) is 19.7 Å². The predicted molar refractivity (Wildman–Crippen MR) is 132 cm³/mol. The average molecular weight is 492 g/mol. The molecule has 1 fully saturated rings. The lowest BCUT2D eigenvalue weighted by Crippen LogP contribution is -2.45. The Morgan fingerprint density at radius 3 is 2.36 bits per heavy atom. The molecule has 0 bridgehead atoms. The summed E-state index contributed by atoms with van der Waals surface area (Å²) in [6.45, 7) is 3.21. The SMILES string of the molecule is Cc1ccc(CN(Cc2ccccc2)C(=O)CN(CC2CCCO2)C(=O)c2ccc([N+](=O)[O-])cc2)o1. The van der Waals surface area contributed by atoms with E-state index in [0.29, 0.717) is 18.9 Å². The van der Waals surface area contributed by atoms with Gasteiger partial charge in [-0.25, -0.2) is 0 Å². The van der Waals surface area contributed by atoms with Gasteiger partial charge in [0.05, 0.1) is 17.6 Å². The van der Waals surface area contributed by atoms with Crippen molar-refractivity contribution in [2.75, 3.05) is 19.7 Å². The van der Waals surface area contributed by atoms with E-state index in [1.54, 1.807) is 4.90 Å². The Hall–Kier alpha value is -3.98. The summed E-state index contributed by atoms with van der Waals surface area (Å²) in [6, 6.07) is 18.7. The van der Waals surface area contributed by atoms with Crippen molar-refractivity contribution in [2.24, 2.45) is 0 Å². The zero-order valence-corrected chi connectivity index (χ0v) is 20.2. The molecule has 9 nitrogen and oxygen atoms in total. The minimum atomic E-state index is -0.514. The van der Waals surface area contributed by atoms with Crippen LogP contribution in [0.5, 0.6) is 0 Å². The number of carbonyl (C=O) groups excluding carboxylic acids is 2. The Morgan fingerprint density at radius 1 is 1.00 bits per heavy atom. The number of hydrogen-bond donors (Lipinski definition) is 0. The molecule has 1 atom stereocenters. The van der Waals surface area contributed by atoms with E-state index in [1.165, 1.54) is 29.2 Å². The number of hydrogen-bond acceptors (Lipinski definition) is 6.